The molecule has 1 saturated carbocycles. The Bertz CT molecular complexity index is 559. The van der Waals surface area contributed by atoms with E-state index in [1.54, 1.807) is 41.7 Å². The van der Waals surface area contributed by atoms with Gasteiger partial charge in [0, 0.05) is 37.3 Å². The molecule has 0 saturated heterocycles. The van der Waals surface area contributed by atoms with Crippen LogP contribution in [-0.4, -0.2) is 47.0 Å². The van der Waals surface area contributed by atoms with Crippen molar-refractivity contribution in [2.45, 2.75) is 79.6 Å². The van der Waals surface area contributed by atoms with E-state index in [4.69, 9.17) is 0 Å². The van der Waals surface area contributed by atoms with Gasteiger partial charge < -0.3 is 0 Å². The van der Waals surface area contributed by atoms with Crippen LogP contribution in [0.15, 0.2) is 0 Å². The highest BCUT2D eigenvalue weighted by Crippen LogP contribution is 2.27. The molecule has 0 N–H and O–H groups in total. The van der Waals surface area contributed by atoms with Gasteiger partial charge in [-0.05, 0) is 32.6 Å². The van der Waals surface area contributed by atoms with E-state index in [2.05, 4.69) is 0 Å². The first-order chi connectivity index (χ1) is 12.5. The highest BCUT2D eigenvalue weighted by Gasteiger charge is 2.32. The van der Waals surface area contributed by atoms with Crippen molar-refractivity contribution < 1.29 is 19.2 Å². The van der Waals surface area contributed by atoms with Gasteiger partial charge in [-0.15, -0.1) is 0 Å². The van der Waals surface area contributed by atoms with E-state index in [0.29, 0.717) is 19.4 Å². The van der Waals surface area contributed by atoms with Crippen LogP contribution in [0.1, 0.15) is 79.6 Å². The Labute approximate surface area is 163 Å². The van der Waals surface area contributed by atoms with Crippen LogP contribution in [0.3, 0.4) is 0 Å². The average Bonchev–Trinajstić information content (AvgIpc) is 3.13. The summed E-state index contributed by atoms with van der Waals surface area (Å²) in [6.07, 6.45) is 5.11. The molecule has 0 spiro atoms. The summed E-state index contributed by atoms with van der Waals surface area (Å²) >= 11 is 0. The fraction of sp³-hybridized carbons (Fsp3) is 0.810. The number of rotatable bonds is 7. The second kappa shape index (κ2) is 10.00. The maximum Gasteiger partial charge on any atom is 0.234 e. The third-order valence-electron chi connectivity index (χ3n) is 5.32. The zero-order chi connectivity index (χ0) is 20.8. The Morgan fingerprint density at radius 1 is 1.07 bits per heavy atom. The van der Waals surface area contributed by atoms with Crippen molar-refractivity contribution in [1.29, 1.82) is 0 Å². The number of nitrogens with zero attached hydrogens (tertiary/aromatic N) is 2. The van der Waals surface area contributed by atoms with Crippen LogP contribution in [0.25, 0.3) is 0 Å². The number of hydrogen-bond acceptors (Lipinski definition) is 4. The summed E-state index contributed by atoms with van der Waals surface area (Å²) in [5.41, 5.74) is -0.599. The van der Waals surface area contributed by atoms with Crippen molar-refractivity contribution in [1.82, 2.24) is 9.80 Å². The number of hydrogen-bond donors (Lipinski definition) is 0. The molecular weight excluding hydrogens is 344 g/mol. The molecule has 0 aromatic heterocycles. The van der Waals surface area contributed by atoms with E-state index in [1.165, 1.54) is 9.80 Å². The van der Waals surface area contributed by atoms with Gasteiger partial charge in [0.1, 0.15) is 0 Å². The third-order valence-corrected chi connectivity index (χ3v) is 5.32. The minimum Gasteiger partial charge on any atom is -0.285 e. The normalized spacial score (nSPS) is 16.1. The van der Waals surface area contributed by atoms with Crippen LogP contribution >= 0.6 is 0 Å². The van der Waals surface area contributed by atoms with Gasteiger partial charge in [-0.1, -0.05) is 40.5 Å². The van der Waals surface area contributed by atoms with Crippen molar-refractivity contribution in [3.05, 3.63) is 0 Å². The number of amides is 4. The monoisotopic (exact) mass is 380 g/mol. The first kappa shape index (κ1) is 23.3. The molecule has 6 nitrogen and oxygen atoms in total. The summed E-state index contributed by atoms with van der Waals surface area (Å²) in [7, 11) is 1.56. The fourth-order valence-electron chi connectivity index (χ4n) is 3.54. The fourth-order valence-corrected chi connectivity index (χ4v) is 3.54. The lowest BCUT2D eigenvalue weighted by Crippen LogP contribution is -2.43. The maximum absolute atomic E-state index is 12.5. The van der Waals surface area contributed by atoms with Crippen LogP contribution in [0.2, 0.25) is 0 Å². The molecule has 1 atom stereocenters. The molecule has 0 aromatic carbocycles. The van der Waals surface area contributed by atoms with Crippen molar-refractivity contribution >= 4 is 23.6 Å². The predicted molar refractivity (Wildman–Crippen MR) is 105 cm³/mol. The summed E-state index contributed by atoms with van der Waals surface area (Å²) < 4.78 is 0. The molecule has 1 fully saturated rings. The third kappa shape index (κ3) is 6.43. The zero-order valence-electron chi connectivity index (χ0n) is 17.8. The van der Waals surface area contributed by atoms with Gasteiger partial charge >= 0.3 is 0 Å². The number of imide groups is 2. The second-order valence-electron chi connectivity index (χ2n) is 8.70. The molecule has 6 heteroatoms. The van der Waals surface area contributed by atoms with Gasteiger partial charge in [-0.2, -0.15) is 0 Å². The lowest BCUT2D eigenvalue weighted by Gasteiger charge is -2.27. The minimum atomic E-state index is -0.599. The Kier molecular flexibility index (Phi) is 8.63. The first-order valence-electron chi connectivity index (χ1n) is 10.2. The van der Waals surface area contributed by atoms with Crippen molar-refractivity contribution in [3.63, 3.8) is 0 Å². The lowest BCUT2D eigenvalue weighted by molar-refractivity contribution is -0.151. The van der Waals surface area contributed by atoms with Crippen LogP contribution in [-0.2, 0) is 19.2 Å². The lowest BCUT2D eigenvalue weighted by atomic mass is 9.94. The van der Waals surface area contributed by atoms with Crippen LogP contribution in [0.5, 0.6) is 0 Å². The van der Waals surface area contributed by atoms with Gasteiger partial charge in [-0.3, -0.25) is 29.0 Å². The molecule has 0 aliphatic heterocycles. The number of carbonyl (C=O) groups is 4. The number of carbonyl (C=O) groups excluding carboxylic acids is 4. The van der Waals surface area contributed by atoms with E-state index >= 15 is 0 Å². The average molecular weight is 381 g/mol. The zero-order valence-corrected chi connectivity index (χ0v) is 17.8. The Morgan fingerprint density at radius 3 is 2.11 bits per heavy atom. The minimum absolute atomic E-state index is 0.0192. The summed E-state index contributed by atoms with van der Waals surface area (Å²) in [4.78, 5) is 52.2. The highest BCUT2D eigenvalue weighted by atomic mass is 16.2. The van der Waals surface area contributed by atoms with Crippen molar-refractivity contribution in [3.8, 4) is 0 Å². The Hall–Kier alpha value is -1.72. The Morgan fingerprint density at radius 2 is 1.63 bits per heavy atom. The molecule has 0 bridgehead atoms. The predicted octanol–water partition coefficient (Wildman–Crippen LogP) is 3.39. The van der Waals surface area contributed by atoms with Gasteiger partial charge in [0.25, 0.3) is 0 Å². The summed E-state index contributed by atoms with van der Waals surface area (Å²) in [5.74, 6) is -0.977. The molecule has 0 heterocycles. The molecule has 0 radical (unpaired) electrons. The van der Waals surface area contributed by atoms with E-state index in [9.17, 15) is 19.2 Å². The van der Waals surface area contributed by atoms with Crippen molar-refractivity contribution in [2.24, 2.45) is 17.3 Å². The second-order valence-corrected chi connectivity index (χ2v) is 8.70. The Balaban J connectivity index is 2.49. The molecule has 1 aliphatic rings. The van der Waals surface area contributed by atoms with Crippen LogP contribution < -0.4 is 0 Å². The largest absolute Gasteiger partial charge is 0.285 e. The first-order valence-corrected chi connectivity index (χ1v) is 10.2. The van der Waals surface area contributed by atoms with E-state index in [0.717, 1.165) is 25.7 Å². The van der Waals surface area contributed by atoms with Crippen molar-refractivity contribution in [2.75, 3.05) is 13.6 Å². The molecule has 27 heavy (non-hydrogen) atoms. The highest BCUT2D eigenvalue weighted by molar-refractivity contribution is 5.98. The van der Waals surface area contributed by atoms with E-state index < -0.39 is 5.41 Å². The molecule has 154 valence electrons. The molecule has 1 rings (SSSR count). The SMILES string of the molecule is CCN(C(=O)CCCC(C)C(=O)N(C)C(=O)C1CCCC1)C(=O)C(C)(C)C. The summed E-state index contributed by atoms with van der Waals surface area (Å²) in [6.45, 7) is 9.32. The van der Waals surface area contributed by atoms with Crippen LogP contribution in [0, 0.1) is 17.3 Å². The van der Waals surface area contributed by atoms with Gasteiger partial charge in [0.15, 0.2) is 0 Å². The molecule has 0 aromatic rings. The molecule has 1 aliphatic carbocycles. The summed E-state index contributed by atoms with van der Waals surface area (Å²) in [5, 5.41) is 0. The van der Waals surface area contributed by atoms with Gasteiger partial charge in [0.2, 0.25) is 23.6 Å². The molecular formula is C21H36N2O4. The van der Waals surface area contributed by atoms with Crippen LogP contribution in [0.4, 0.5) is 0 Å². The topological polar surface area (TPSA) is 74.8 Å². The summed E-state index contributed by atoms with van der Waals surface area (Å²) in [6, 6.07) is 0. The molecule has 4 amide bonds. The standard InChI is InChI=1S/C21H36N2O4/c1-7-23(20(27)21(3,4)5)17(24)14-10-11-15(2)18(25)22(6)19(26)16-12-8-9-13-16/h15-16H,7-14H2,1-6H3. The quantitative estimate of drug-likeness (QED) is 0.678. The maximum atomic E-state index is 12.5. The van der Waals surface area contributed by atoms with Gasteiger partial charge in [-0.25, -0.2) is 0 Å². The smallest absolute Gasteiger partial charge is 0.234 e. The van der Waals surface area contributed by atoms with E-state index in [-0.39, 0.29) is 41.9 Å². The van der Waals surface area contributed by atoms with E-state index in [1.807, 2.05) is 0 Å². The van der Waals surface area contributed by atoms with Gasteiger partial charge in [0.05, 0.1) is 0 Å². The molecule has 1 unspecified atom stereocenters.